The summed E-state index contributed by atoms with van der Waals surface area (Å²) >= 11 is 0. The minimum absolute atomic E-state index is 0.123. The maximum absolute atomic E-state index is 4.65. The number of rotatable bonds is 3. The second-order valence-electron chi connectivity index (χ2n) is 7.38. The molecule has 0 atom stereocenters. The minimum atomic E-state index is 0.123. The van der Waals surface area contributed by atoms with E-state index in [0.717, 1.165) is 11.3 Å². The fourth-order valence-electron chi connectivity index (χ4n) is 4.14. The number of fused-ring (bicyclic) bond motifs is 2. The van der Waals surface area contributed by atoms with E-state index in [1.165, 1.54) is 48.8 Å². The quantitative estimate of drug-likeness (QED) is 0.405. The highest BCUT2D eigenvalue weighted by atomic mass is 14.7. The van der Waals surface area contributed by atoms with Crippen molar-refractivity contribution >= 4 is 17.5 Å². The molecule has 0 aliphatic heterocycles. The lowest BCUT2D eigenvalue weighted by molar-refractivity contribution is 0.355. The molecule has 0 N–H and O–H groups in total. The zero-order chi connectivity index (χ0) is 18.4. The summed E-state index contributed by atoms with van der Waals surface area (Å²) in [7, 11) is 0. The summed E-state index contributed by atoms with van der Waals surface area (Å²) in [6, 6.07) is 6.59. The lowest BCUT2D eigenvalue weighted by Crippen LogP contribution is -2.28. The van der Waals surface area contributed by atoms with Crippen LogP contribution >= 0.6 is 0 Å². The monoisotopic (exact) mass is 343 g/mol. The van der Waals surface area contributed by atoms with Crippen LogP contribution in [0, 0.1) is 0 Å². The molecule has 0 bridgehead atoms. The highest BCUT2D eigenvalue weighted by Crippen LogP contribution is 2.46. The van der Waals surface area contributed by atoms with E-state index >= 15 is 0 Å². The van der Waals surface area contributed by atoms with Crippen LogP contribution in [0.5, 0.6) is 0 Å². The Hall–Kier alpha value is -2.41. The summed E-state index contributed by atoms with van der Waals surface area (Å²) < 4.78 is 0. The summed E-state index contributed by atoms with van der Waals surface area (Å²) in [5.41, 5.74) is 6.25. The molecule has 0 aromatic heterocycles. The molecule has 26 heavy (non-hydrogen) atoms. The largest absolute Gasteiger partial charge is 0.257 e. The molecular formula is C25H29N. The molecule has 0 radical (unpaired) electrons. The maximum atomic E-state index is 4.65. The Kier molecular flexibility index (Phi) is 5.88. The third-order valence-corrected chi connectivity index (χ3v) is 5.41. The van der Waals surface area contributed by atoms with Crippen molar-refractivity contribution in [2.75, 3.05) is 0 Å². The molecule has 2 aliphatic carbocycles. The number of aliphatic imine (C=N–C) groups is 1. The molecule has 0 heterocycles. The van der Waals surface area contributed by atoms with Gasteiger partial charge in [-0.3, -0.25) is 4.99 Å². The van der Waals surface area contributed by atoms with Crippen LogP contribution in [0.4, 0.5) is 5.69 Å². The molecule has 0 saturated heterocycles. The molecule has 134 valence electrons. The van der Waals surface area contributed by atoms with E-state index in [2.05, 4.69) is 54.9 Å². The van der Waals surface area contributed by atoms with Gasteiger partial charge in [-0.25, -0.2) is 0 Å². The Morgan fingerprint density at radius 1 is 1.04 bits per heavy atom. The third-order valence-electron chi connectivity index (χ3n) is 5.41. The molecular weight excluding hydrogens is 314 g/mol. The number of benzene rings is 1. The lowest BCUT2D eigenvalue weighted by Gasteiger charge is -2.38. The van der Waals surface area contributed by atoms with Crippen LogP contribution in [0.3, 0.4) is 0 Å². The molecule has 0 amide bonds. The molecule has 1 spiro atoms. The first kappa shape index (κ1) is 18.4. The summed E-state index contributed by atoms with van der Waals surface area (Å²) in [6.45, 7) is 8.54. The summed E-state index contributed by atoms with van der Waals surface area (Å²) in [4.78, 5) is 4.65. The van der Waals surface area contributed by atoms with Crippen molar-refractivity contribution in [3.8, 4) is 0 Å². The van der Waals surface area contributed by atoms with Crippen molar-refractivity contribution in [3.63, 3.8) is 0 Å². The molecule has 2 aliphatic rings. The fourth-order valence-corrected chi connectivity index (χ4v) is 4.14. The van der Waals surface area contributed by atoms with Gasteiger partial charge < -0.3 is 0 Å². The van der Waals surface area contributed by atoms with E-state index in [9.17, 15) is 0 Å². The first-order chi connectivity index (χ1) is 12.6. The van der Waals surface area contributed by atoms with Crippen LogP contribution in [0.25, 0.3) is 5.57 Å². The summed E-state index contributed by atoms with van der Waals surface area (Å²) in [6.07, 6.45) is 23.1. The van der Waals surface area contributed by atoms with Crippen molar-refractivity contribution < 1.29 is 0 Å². The van der Waals surface area contributed by atoms with Crippen molar-refractivity contribution in [1.82, 2.24) is 0 Å². The number of hydrogen-bond donors (Lipinski definition) is 0. The third kappa shape index (κ3) is 4.04. The van der Waals surface area contributed by atoms with Gasteiger partial charge in [-0.05, 0) is 61.6 Å². The normalized spacial score (nSPS) is 23.2. The van der Waals surface area contributed by atoms with E-state index in [1.54, 1.807) is 0 Å². The van der Waals surface area contributed by atoms with Crippen molar-refractivity contribution in [3.05, 3.63) is 84.0 Å². The first-order valence-electron chi connectivity index (χ1n) is 9.68. The maximum Gasteiger partial charge on any atom is 0.0633 e. The Labute approximate surface area is 158 Å². The topological polar surface area (TPSA) is 12.4 Å². The molecule has 1 aromatic rings. The van der Waals surface area contributed by atoms with Gasteiger partial charge in [-0.2, -0.15) is 0 Å². The van der Waals surface area contributed by atoms with Crippen LogP contribution in [0.1, 0.15) is 57.1 Å². The van der Waals surface area contributed by atoms with E-state index in [4.69, 9.17) is 0 Å². The SMILES string of the molecule is C=C1/C=C\C(C)=C/C2(CCCCC2)c2cc(N=C/C=C\C=C/C)ccc21. The number of hydrogen-bond acceptors (Lipinski definition) is 1. The van der Waals surface area contributed by atoms with Crippen LogP contribution < -0.4 is 0 Å². The second-order valence-corrected chi connectivity index (χ2v) is 7.38. The van der Waals surface area contributed by atoms with E-state index in [-0.39, 0.29) is 5.41 Å². The highest BCUT2D eigenvalue weighted by Gasteiger charge is 2.34. The smallest absolute Gasteiger partial charge is 0.0633 e. The zero-order valence-electron chi connectivity index (χ0n) is 16.0. The minimum Gasteiger partial charge on any atom is -0.257 e. The predicted octanol–water partition coefficient (Wildman–Crippen LogP) is 7.25. The van der Waals surface area contributed by atoms with Gasteiger partial charge in [0.25, 0.3) is 0 Å². The Morgan fingerprint density at radius 3 is 2.62 bits per heavy atom. The zero-order valence-corrected chi connectivity index (χ0v) is 16.0. The van der Waals surface area contributed by atoms with Crippen molar-refractivity contribution in [2.45, 2.75) is 51.4 Å². The average Bonchev–Trinajstić information content (AvgIpc) is 2.66. The Bertz CT molecular complexity index is 809. The Balaban J connectivity index is 2.06. The van der Waals surface area contributed by atoms with Gasteiger partial charge in [0.15, 0.2) is 0 Å². The van der Waals surface area contributed by atoms with Gasteiger partial charge >= 0.3 is 0 Å². The van der Waals surface area contributed by atoms with Crippen molar-refractivity contribution in [1.29, 1.82) is 0 Å². The lowest BCUT2D eigenvalue weighted by atomic mass is 9.66. The van der Waals surface area contributed by atoms with Gasteiger partial charge in [-0.1, -0.05) is 73.9 Å². The molecule has 1 fully saturated rings. The first-order valence-corrected chi connectivity index (χ1v) is 9.68. The van der Waals surface area contributed by atoms with Gasteiger partial charge in [0.2, 0.25) is 0 Å². The van der Waals surface area contributed by atoms with E-state index < -0.39 is 0 Å². The molecule has 1 nitrogen and oxygen atoms in total. The van der Waals surface area contributed by atoms with Crippen LogP contribution in [0.2, 0.25) is 0 Å². The molecule has 3 rings (SSSR count). The standard InChI is InChI=1S/C25H29N/c1-4-5-6-10-17-26-22-13-14-23-21(3)12-11-20(2)19-25(24(23)18-22)15-8-7-9-16-25/h4-6,10-14,17-19H,3,7-9,15-16H2,1-2H3/b5-4-,10-6-,12-11-,20-19-,26-17?. The van der Waals surface area contributed by atoms with Crippen LogP contribution in [-0.4, -0.2) is 6.21 Å². The van der Waals surface area contributed by atoms with Crippen molar-refractivity contribution in [2.24, 2.45) is 4.99 Å². The summed E-state index contributed by atoms with van der Waals surface area (Å²) in [5, 5.41) is 0. The van der Waals surface area contributed by atoms with Gasteiger partial charge in [-0.15, -0.1) is 0 Å². The van der Waals surface area contributed by atoms with Gasteiger partial charge in [0.05, 0.1) is 5.69 Å². The van der Waals surface area contributed by atoms with Crippen LogP contribution in [-0.2, 0) is 5.41 Å². The van der Waals surface area contributed by atoms with Gasteiger partial charge in [0, 0.05) is 11.6 Å². The fraction of sp³-hybridized carbons (Fsp3) is 0.320. The molecule has 1 aromatic carbocycles. The molecule has 1 heteroatoms. The predicted molar refractivity (Wildman–Crippen MR) is 115 cm³/mol. The number of nitrogens with zero attached hydrogens (tertiary/aromatic N) is 1. The highest BCUT2D eigenvalue weighted by molar-refractivity contribution is 5.79. The number of allylic oxidation sites excluding steroid dienone is 9. The molecule has 0 unspecified atom stereocenters. The van der Waals surface area contributed by atoms with Crippen LogP contribution in [0.15, 0.2) is 77.9 Å². The van der Waals surface area contributed by atoms with E-state index in [0.29, 0.717) is 0 Å². The molecule has 1 saturated carbocycles. The average molecular weight is 344 g/mol. The van der Waals surface area contributed by atoms with E-state index in [1.807, 2.05) is 37.4 Å². The second kappa shape index (κ2) is 8.31. The summed E-state index contributed by atoms with van der Waals surface area (Å²) in [5.74, 6) is 0. The van der Waals surface area contributed by atoms with Gasteiger partial charge in [0.1, 0.15) is 0 Å². The Morgan fingerprint density at radius 2 is 1.85 bits per heavy atom.